The van der Waals surface area contributed by atoms with Crippen LogP contribution in [0, 0.1) is 0 Å². The van der Waals surface area contributed by atoms with E-state index in [9.17, 15) is 27.4 Å². The number of aliphatic imine (C=N–C) groups is 1. The van der Waals surface area contributed by atoms with Gasteiger partial charge in [0.05, 0.1) is 44.7 Å². The molecule has 0 saturated carbocycles. The van der Waals surface area contributed by atoms with Crippen LogP contribution in [0.15, 0.2) is 135 Å². The SMILES string of the molecule is O=C(O)C1=C/C(=N\Nc2ccc(NNC3=C4C(=O)C=C(S(=O)(=O)O)C=C4C=CC3=Nc3ccccc3)cc2)C=CC1=O. The molecule has 12 nitrogen and oxygen atoms in total. The molecule has 210 valence electrons. The molecule has 2 aromatic carbocycles. The third-order valence-corrected chi connectivity index (χ3v) is 6.89. The molecule has 0 unspecified atom stereocenters. The molecule has 2 aromatic rings. The van der Waals surface area contributed by atoms with Gasteiger partial charge in [-0.05, 0) is 72.4 Å². The van der Waals surface area contributed by atoms with Crippen molar-refractivity contribution in [2.75, 3.05) is 10.9 Å². The highest BCUT2D eigenvalue weighted by Crippen LogP contribution is 2.31. The first-order valence-corrected chi connectivity index (χ1v) is 13.7. The van der Waals surface area contributed by atoms with Crippen molar-refractivity contribution in [3.63, 3.8) is 0 Å². The molecule has 3 aliphatic carbocycles. The van der Waals surface area contributed by atoms with Crippen molar-refractivity contribution in [1.82, 2.24) is 5.43 Å². The van der Waals surface area contributed by atoms with Gasteiger partial charge in [-0.15, -0.1) is 0 Å². The molecule has 0 amide bonds. The largest absolute Gasteiger partial charge is 0.478 e. The number of carboxylic acid groups (broad SMARTS) is 1. The van der Waals surface area contributed by atoms with Crippen molar-refractivity contribution < 1.29 is 32.5 Å². The summed E-state index contributed by atoms with van der Waals surface area (Å²) in [6.45, 7) is 0. The number of fused-ring (bicyclic) bond motifs is 1. The summed E-state index contributed by atoms with van der Waals surface area (Å²) in [6.07, 6.45) is 8.92. The summed E-state index contributed by atoms with van der Waals surface area (Å²) < 4.78 is 32.8. The maximum Gasteiger partial charge on any atom is 0.339 e. The Hall–Kier alpha value is -5.66. The van der Waals surface area contributed by atoms with Gasteiger partial charge in [-0.1, -0.05) is 24.3 Å². The second-order valence-electron chi connectivity index (χ2n) is 8.94. The molecule has 5 N–H and O–H groups in total. The van der Waals surface area contributed by atoms with Crippen LogP contribution in [0.5, 0.6) is 0 Å². The van der Waals surface area contributed by atoms with Crippen LogP contribution in [0.2, 0.25) is 0 Å². The molecule has 13 heteroatoms. The number of aliphatic carboxylic acids is 1. The molecule has 0 aliphatic heterocycles. The normalized spacial score (nSPS) is 18.4. The molecule has 0 atom stereocenters. The Labute approximate surface area is 239 Å². The molecule has 0 radical (unpaired) electrons. The van der Waals surface area contributed by atoms with E-state index in [1.807, 2.05) is 18.2 Å². The van der Waals surface area contributed by atoms with Crippen LogP contribution in [0.25, 0.3) is 0 Å². The van der Waals surface area contributed by atoms with Crippen molar-refractivity contribution >= 4 is 56.1 Å². The summed E-state index contributed by atoms with van der Waals surface area (Å²) in [5.74, 6) is -2.58. The zero-order chi connectivity index (χ0) is 29.9. The van der Waals surface area contributed by atoms with Gasteiger partial charge in [-0.25, -0.2) is 9.79 Å². The maximum atomic E-state index is 13.0. The van der Waals surface area contributed by atoms with Crippen LogP contribution in [0.3, 0.4) is 0 Å². The number of benzene rings is 2. The minimum absolute atomic E-state index is 0.161. The average molecular weight is 584 g/mol. The summed E-state index contributed by atoms with van der Waals surface area (Å²) in [7, 11) is -4.59. The minimum atomic E-state index is -4.59. The van der Waals surface area contributed by atoms with Crippen LogP contribution in [-0.4, -0.2) is 47.0 Å². The van der Waals surface area contributed by atoms with Gasteiger partial charge >= 0.3 is 5.97 Å². The van der Waals surface area contributed by atoms with E-state index in [0.29, 0.717) is 22.8 Å². The quantitative estimate of drug-likeness (QED) is 0.133. The highest BCUT2D eigenvalue weighted by molar-refractivity contribution is 7.90. The summed E-state index contributed by atoms with van der Waals surface area (Å²) >= 11 is 0. The number of nitrogens with zero attached hydrogens (tertiary/aromatic N) is 2. The molecule has 0 bridgehead atoms. The third kappa shape index (κ3) is 6.22. The number of hydrazone groups is 1. The van der Waals surface area contributed by atoms with E-state index >= 15 is 0 Å². The molecular formula is C29H21N5O7S. The number of rotatable bonds is 8. The number of hydrogen-bond donors (Lipinski definition) is 5. The van der Waals surface area contributed by atoms with Gasteiger partial charge in [-0.3, -0.25) is 25.0 Å². The Morgan fingerprint density at radius 1 is 0.786 bits per heavy atom. The summed E-state index contributed by atoms with van der Waals surface area (Å²) in [5, 5.41) is 13.2. The molecule has 0 spiro atoms. The molecule has 42 heavy (non-hydrogen) atoms. The highest BCUT2D eigenvalue weighted by atomic mass is 32.2. The Bertz CT molecular complexity index is 1860. The second kappa shape index (κ2) is 11.4. The monoisotopic (exact) mass is 583 g/mol. The zero-order valence-electron chi connectivity index (χ0n) is 21.5. The first-order chi connectivity index (χ1) is 20.1. The van der Waals surface area contributed by atoms with Gasteiger partial charge in [0, 0.05) is 6.08 Å². The number of ketones is 2. The number of carbonyl (C=O) groups excluding carboxylic acids is 2. The van der Waals surface area contributed by atoms with Crippen LogP contribution in [0.1, 0.15) is 0 Å². The van der Waals surface area contributed by atoms with Crippen molar-refractivity contribution in [2.24, 2.45) is 10.1 Å². The van der Waals surface area contributed by atoms with Crippen LogP contribution in [-0.2, 0) is 24.5 Å². The van der Waals surface area contributed by atoms with E-state index in [0.717, 1.165) is 12.2 Å². The van der Waals surface area contributed by atoms with Crippen LogP contribution >= 0.6 is 0 Å². The Morgan fingerprint density at radius 2 is 1.50 bits per heavy atom. The Morgan fingerprint density at radius 3 is 2.19 bits per heavy atom. The van der Waals surface area contributed by atoms with Crippen molar-refractivity contribution in [3.05, 3.63) is 124 Å². The van der Waals surface area contributed by atoms with Gasteiger partial charge in [-0.2, -0.15) is 13.5 Å². The van der Waals surface area contributed by atoms with Gasteiger partial charge in [0.1, 0.15) is 5.57 Å². The first kappa shape index (κ1) is 27.9. The van der Waals surface area contributed by atoms with E-state index in [-0.39, 0.29) is 28.1 Å². The fourth-order valence-corrected chi connectivity index (χ4v) is 4.58. The van der Waals surface area contributed by atoms with Gasteiger partial charge in [0.15, 0.2) is 11.6 Å². The lowest BCUT2D eigenvalue weighted by Crippen LogP contribution is -2.31. The summed E-state index contributed by atoms with van der Waals surface area (Å²) in [5.41, 5.74) is 11.6. The zero-order valence-corrected chi connectivity index (χ0v) is 22.3. The highest BCUT2D eigenvalue weighted by Gasteiger charge is 2.29. The summed E-state index contributed by atoms with van der Waals surface area (Å²) in [6, 6.07) is 15.8. The predicted octanol–water partition coefficient (Wildman–Crippen LogP) is 3.40. The fourth-order valence-electron chi connectivity index (χ4n) is 4.05. The topological polar surface area (TPSA) is 187 Å². The molecule has 0 aromatic heterocycles. The lowest BCUT2D eigenvalue weighted by molar-refractivity contribution is -0.134. The Kier molecular flexibility index (Phi) is 7.60. The standard InChI is InChI=1S/C29H21N5O7S/c35-25-13-11-21(15-23(25)29(37)38)33-31-19-7-9-20(10-8-19)32-34-28-24(30-18-4-2-1-3-5-18)12-6-17-14-22(42(39,40)41)16-26(36)27(17)28/h1-16,31-32,34H,(H,37,38)(H,39,40,41)/b30-24?,33-21-. The van der Waals surface area contributed by atoms with Crippen molar-refractivity contribution in [2.45, 2.75) is 0 Å². The molecule has 0 fully saturated rings. The smallest absolute Gasteiger partial charge is 0.339 e. The number of hydrogen-bond acceptors (Lipinski definition) is 10. The maximum absolute atomic E-state index is 13.0. The number of para-hydroxylation sites is 1. The fraction of sp³-hybridized carbons (Fsp3) is 0. The Balaban J connectivity index is 1.37. The lowest BCUT2D eigenvalue weighted by atomic mass is 9.89. The molecule has 5 rings (SSSR count). The predicted molar refractivity (Wildman–Crippen MR) is 157 cm³/mol. The summed E-state index contributed by atoms with van der Waals surface area (Å²) in [4.78, 5) is 40.0. The van der Waals surface area contributed by atoms with E-state index in [1.54, 1.807) is 48.6 Å². The van der Waals surface area contributed by atoms with Crippen molar-refractivity contribution in [3.8, 4) is 0 Å². The average Bonchev–Trinajstić information content (AvgIpc) is 2.96. The number of allylic oxidation sites excluding steroid dienone is 9. The molecule has 3 aliphatic rings. The van der Waals surface area contributed by atoms with Gasteiger partial charge in [0.25, 0.3) is 10.1 Å². The van der Waals surface area contributed by atoms with Gasteiger partial charge < -0.3 is 10.5 Å². The number of carbonyl (C=O) groups is 3. The van der Waals surface area contributed by atoms with Crippen LogP contribution < -0.4 is 16.3 Å². The number of carboxylic acids is 1. The van der Waals surface area contributed by atoms with E-state index < -0.39 is 32.6 Å². The molecular weight excluding hydrogens is 562 g/mol. The van der Waals surface area contributed by atoms with E-state index in [2.05, 4.69) is 26.4 Å². The number of hydrazine groups is 1. The first-order valence-electron chi connectivity index (χ1n) is 12.2. The minimum Gasteiger partial charge on any atom is -0.478 e. The molecule has 0 saturated heterocycles. The van der Waals surface area contributed by atoms with Crippen LogP contribution in [0.4, 0.5) is 17.1 Å². The second-order valence-corrected chi connectivity index (χ2v) is 10.4. The molecule has 0 heterocycles. The van der Waals surface area contributed by atoms with Gasteiger partial charge in [0.2, 0.25) is 0 Å². The third-order valence-electron chi connectivity index (χ3n) is 6.06. The number of nitrogens with one attached hydrogen (secondary N) is 3. The lowest BCUT2D eigenvalue weighted by Gasteiger charge is -2.23. The van der Waals surface area contributed by atoms with Crippen molar-refractivity contribution in [1.29, 1.82) is 0 Å². The van der Waals surface area contributed by atoms with E-state index in [1.165, 1.54) is 18.2 Å². The van der Waals surface area contributed by atoms with E-state index in [4.69, 9.17) is 5.11 Å². The number of anilines is 2.